The van der Waals surface area contributed by atoms with Gasteiger partial charge in [-0.05, 0) is 36.4 Å². The Bertz CT molecular complexity index is 725. The summed E-state index contributed by atoms with van der Waals surface area (Å²) in [6.07, 6.45) is 0. The lowest BCUT2D eigenvalue weighted by molar-refractivity contribution is 0.0694. The summed E-state index contributed by atoms with van der Waals surface area (Å²) in [7, 11) is 0. The van der Waals surface area contributed by atoms with Crippen LogP contribution in [0.1, 0.15) is 15.9 Å². The zero-order chi connectivity index (χ0) is 14.7. The van der Waals surface area contributed by atoms with E-state index < -0.39 is 11.8 Å². The standard InChI is InChI=1S/C14H7BrFNO3/c15-9-1-3-11(14(18)19)13(6-9)20-12-4-2-10(16)5-8(12)7-17/h1-6H,(H,18,19). The molecule has 0 heterocycles. The first-order chi connectivity index (χ1) is 9.51. The highest BCUT2D eigenvalue weighted by Crippen LogP contribution is 2.30. The summed E-state index contributed by atoms with van der Waals surface area (Å²) in [6, 6.07) is 9.63. The molecule has 100 valence electrons. The van der Waals surface area contributed by atoms with Crippen LogP contribution in [0.3, 0.4) is 0 Å². The van der Waals surface area contributed by atoms with E-state index in [-0.39, 0.29) is 22.6 Å². The van der Waals surface area contributed by atoms with Gasteiger partial charge in [-0.3, -0.25) is 0 Å². The van der Waals surface area contributed by atoms with Crippen LogP contribution in [0.5, 0.6) is 11.5 Å². The van der Waals surface area contributed by atoms with Crippen LogP contribution in [0.25, 0.3) is 0 Å². The molecule has 20 heavy (non-hydrogen) atoms. The minimum Gasteiger partial charge on any atom is -0.478 e. The van der Waals surface area contributed by atoms with Gasteiger partial charge in [-0.2, -0.15) is 5.26 Å². The second-order valence-corrected chi connectivity index (χ2v) is 4.72. The lowest BCUT2D eigenvalue weighted by Crippen LogP contribution is -2.00. The molecule has 0 bridgehead atoms. The Kier molecular flexibility index (Phi) is 4.01. The molecule has 0 aliphatic heterocycles. The van der Waals surface area contributed by atoms with Gasteiger partial charge in [-0.15, -0.1) is 0 Å². The highest BCUT2D eigenvalue weighted by molar-refractivity contribution is 9.10. The molecule has 6 heteroatoms. The first-order valence-electron chi connectivity index (χ1n) is 5.41. The molecular formula is C14H7BrFNO3. The first-order valence-corrected chi connectivity index (χ1v) is 6.21. The number of carboxylic acid groups (broad SMARTS) is 1. The van der Waals surface area contributed by atoms with Gasteiger partial charge in [-0.25, -0.2) is 9.18 Å². The molecule has 0 unspecified atom stereocenters. The van der Waals surface area contributed by atoms with Gasteiger partial charge in [0, 0.05) is 4.47 Å². The quantitative estimate of drug-likeness (QED) is 0.921. The van der Waals surface area contributed by atoms with Crippen LogP contribution in [0.2, 0.25) is 0 Å². The summed E-state index contributed by atoms with van der Waals surface area (Å²) >= 11 is 3.21. The maximum atomic E-state index is 13.0. The molecule has 0 aliphatic carbocycles. The summed E-state index contributed by atoms with van der Waals surface area (Å²) in [6.45, 7) is 0. The maximum absolute atomic E-state index is 13.0. The van der Waals surface area contributed by atoms with Crippen LogP contribution in [0.4, 0.5) is 4.39 Å². The molecule has 0 aliphatic rings. The Labute approximate surface area is 122 Å². The molecule has 0 amide bonds. The SMILES string of the molecule is N#Cc1cc(F)ccc1Oc1cc(Br)ccc1C(=O)O. The number of hydrogen-bond donors (Lipinski definition) is 1. The fourth-order valence-corrected chi connectivity index (χ4v) is 1.89. The fourth-order valence-electron chi connectivity index (χ4n) is 1.55. The lowest BCUT2D eigenvalue weighted by atomic mass is 10.2. The molecule has 0 saturated carbocycles. The molecule has 0 fully saturated rings. The van der Waals surface area contributed by atoms with E-state index in [2.05, 4.69) is 15.9 Å². The van der Waals surface area contributed by atoms with E-state index in [0.717, 1.165) is 12.1 Å². The number of ether oxygens (including phenoxy) is 1. The minimum atomic E-state index is -1.16. The van der Waals surface area contributed by atoms with Gasteiger partial charge < -0.3 is 9.84 Å². The van der Waals surface area contributed by atoms with Gasteiger partial charge >= 0.3 is 5.97 Å². The van der Waals surface area contributed by atoms with Gasteiger partial charge in [0.15, 0.2) is 0 Å². The normalized spacial score (nSPS) is 9.85. The summed E-state index contributed by atoms with van der Waals surface area (Å²) in [5, 5.41) is 18.0. The highest BCUT2D eigenvalue weighted by Gasteiger charge is 2.14. The summed E-state index contributed by atoms with van der Waals surface area (Å²) < 4.78 is 19.1. The molecule has 0 aromatic heterocycles. The van der Waals surface area contributed by atoms with Gasteiger partial charge in [0.2, 0.25) is 0 Å². The predicted octanol–water partition coefficient (Wildman–Crippen LogP) is 3.95. The number of benzene rings is 2. The summed E-state index contributed by atoms with van der Waals surface area (Å²) in [5.74, 6) is -1.57. The maximum Gasteiger partial charge on any atom is 0.339 e. The molecule has 0 spiro atoms. The molecule has 0 saturated heterocycles. The molecule has 1 N–H and O–H groups in total. The average Bonchev–Trinajstić information content (AvgIpc) is 2.40. The van der Waals surface area contributed by atoms with Gasteiger partial charge in [0.25, 0.3) is 0 Å². The molecular weight excluding hydrogens is 329 g/mol. The van der Waals surface area contributed by atoms with E-state index >= 15 is 0 Å². The Hall–Kier alpha value is -2.39. The second kappa shape index (κ2) is 5.72. The first kappa shape index (κ1) is 14.0. The van der Waals surface area contributed by atoms with E-state index in [9.17, 15) is 9.18 Å². The third-order valence-electron chi connectivity index (χ3n) is 2.46. The minimum absolute atomic E-state index is 0.0127. The number of rotatable bonds is 3. The van der Waals surface area contributed by atoms with E-state index in [1.807, 2.05) is 0 Å². The molecule has 2 rings (SSSR count). The van der Waals surface area contributed by atoms with Crippen LogP contribution >= 0.6 is 15.9 Å². The van der Waals surface area contributed by atoms with E-state index in [4.69, 9.17) is 15.1 Å². The lowest BCUT2D eigenvalue weighted by Gasteiger charge is -2.10. The zero-order valence-electron chi connectivity index (χ0n) is 9.93. The van der Waals surface area contributed by atoms with Gasteiger partial charge in [0.1, 0.15) is 28.9 Å². The van der Waals surface area contributed by atoms with Crippen molar-refractivity contribution in [1.29, 1.82) is 5.26 Å². The van der Waals surface area contributed by atoms with Crippen molar-refractivity contribution in [3.63, 3.8) is 0 Å². The average molecular weight is 336 g/mol. The summed E-state index contributed by atoms with van der Waals surface area (Å²) in [4.78, 5) is 11.1. The number of aromatic carboxylic acids is 1. The zero-order valence-corrected chi connectivity index (χ0v) is 11.5. The summed E-state index contributed by atoms with van der Waals surface area (Å²) in [5.41, 5.74) is -0.0669. The topological polar surface area (TPSA) is 70.3 Å². The number of nitriles is 1. The van der Waals surface area contributed by atoms with Crippen LogP contribution in [0, 0.1) is 17.1 Å². The molecule has 0 radical (unpaired) electrons. The Morgan fingerprint density at radius 3 is 2.65 bits per heavy atom. The van der Waals surface area contributed by atoms with Crippen molar-refractivity contribution in [2.75, 3.05) is 0 Å². The number of halogens is 2. The number of carbonyl (C=O) groups is 1. The van der Waals surface area contributed by atoms with E-state index in [1.54, 1.807) is 12.1 Å². The van der Waals surface area contributed by atoms with Crippen LogP contribution in [-0.4, -0.2) is 11.1 Å². The van der Waals surface area contributed by atoms with Crippen molar-refractivity contribution in [3.8, 4) is 17.6 Å². The van der Waals surface area contributed by atoms with Crippen LogP contribution in [0.15, 0.2) is 40.9 Å². The molecule has 0 atom stereocenters. The monoisotopic (exact) mass is 335 g/mol. The van der Waals surface area contributed by atoms with E-state index in [0.29, 0.717) is 4.47 Å². The van der Waals surface area contributed by atoms with Crippen molar-refractivity contribution >= 4 is 21.9 Å². The molecule has 4 nitrogen and oxygen atoms in total. The van der Waals surface area contributed by atoms with Gasteiger partial charge in [0.05, 0.1) is 5.56 Å². The third-order valence-corrected chi connectivity index (χ3v) is 2.95. The van der Waals surface area contributed by atoms with Crippen LogP contribution in [-0.2, 0) is 0 Å². The number of carboxylic acids is 1. The predicted molar refractivity (Wildman–Crippen MR) is 72.3 cm³/mol. The smallest absolute Gasteiger partial charge is 0.339 e. The Morgan fingerprint density at radius 2 is 2.00 bits per heavy atom. The Morgan fingerprint density at radius 1 is 1.25 bits per heavy atom. The second-order valence-electron chi connectivity index (χ2n) is 3.80. The largest absolute Gasteiger partial charge is 0.478 e. The van der Waals surface area contributed by atoms with Crippen molar-refractivity contribution < 1.29 is 19.0 Å². The van der Waals surface area contributed by atoms with Gasteiger partial charge in [-0.1, -0.05) is 15.9 Å². The van der Waals surface area contributed by atoms with E-state index in [1.165, 1.54) is 18.2 Å². The highest BCUT2D eigenvalue weighted by atomic mass is 79.9. The Balaban J connectivity index is 2.47. The fraction of sp³-hybridized carbons (Fsp3) is 0. The third kappa shape index (κ3) is 2.95. The van der Waals surface area contributed by atoms with Crippen molar-refractivity contribution in [1.82, 2.24) is 0 Å². The number of hydrogen-bond acceptors (Lipinski definition) is 3. The van der Waals surface area contributed by atoms with Crippen molar-refractivity contribution in [3.05, 3.63) is 57.8 Å². The molecule has 2 aromatic carbocycles. The van der Waals surface area contributed by atoms with Crippen LogP contribution < -0.4 is 4.74 Å². The molecule has 2 aromatic rings. The van der Waals surface area contributed by atoms with Crippen molar-refractivity contribution in [2.24, 2.45) is 0 Å². The number of nitrogens with zero attached hydrogens (tertiary/aromatic N) is 1. The van der Waals surface area contributed by atoms with Crippen molar-refractivity contribution in [2.45, 2.75) is 0 Å².